The lowest BCUT2D eigenvalue weighted by Crippen LogP contribution is -2.28. The lowest BCUT2D eigenvalue weighted by Gasteiger charge is -2.19. The predicted molar refractivity (Wildman–Crippen MR) is 88.6 cm³/mol. The summed E-state index contributed by atoms with van der Waals surface area (Å²) in [5.41, 5.74) is 6.89. The van der Waals surface area contributed by atoms with Crippen molar-refractivity contribution in [1.29, 1.82) is 0 Å². The Morgan fingerprint density at radius 2 is 1.95 bits per heavy atom. The Bertz CT molecular complexity index is 435. The predicted octanol–water partition coefficient (Wildman–Crippen LogP) is 2.96. The van der Waals surface area contributed by atoms with Crippen LogP contribution in [0.15, 0.2) is 12.1 Å². The first-order chi connectivity index (χ1) is 10.0. The summed E-state index contributed by atoms with van der Waals surface area (Å²) in [6.45, 7) is 9.73. The fourth-order valence-electron chi connectivity index (χ4n) is 2.22. The number of rotatable bonds is 9. The van der Waals surface area contributed by atoms with Gasteiger partial charge in [-0.25, -0.2) is 0 Å². The summed E-state index contributed by atoms with van der Waals surface area (Å²) >= 11 is 6.32. The van der Waals surface area contributed by atoms with Crippen molar-refractivity contribution in [3.8, 4) is 11.5 Å². The monoisotopic (exact) mass is 314 g/mol. The summed E-state index contributed by atoms with van der Waals surface area (Å²) in [5, 5.41) is 0.574. The molecule has 0 aromatic heterocycles. The molecule has 0 saturated carbocycles. The fourth-order valence-corrected chi connectivity index (χ4v) is 2.51. The van der Waals surface area contributed by atoms with E-state index < -0.39 is 0 Å². The largest absolute Gasteiger partial charge is 0.493 e. The van der Waals surface area contributed by atoms with Crippen molar-refractivity contribution in [2.75, 3.05) is 33.4 Å². The van der Waals surface area contributed by atoms with Crippen molar-refractivity contribution in [2.24, 2.45) is 5.73 Å². The molecule has 1 atom stereocenters. The van der Waals surface area contributed by atoms with Crippen LogP contribution in [0.5, 0.6) is 11.5 Å². The van der Waals surface area contributed by atoms with Crippen LogP contribution in [0.4, 0.5) is 0 Å². The van der Waals surface area contributed by atoms with Crippen molar-refractivity contribution in [3.63, 3.8) is 0 Å². The number of methoxy groups -OCH3 is 1. The van der Waals surface area contributed by atoms with Gasteiger partial charge in [0.1, 0.15) is 6.61 Å². The van der Waals surface area contributed by atoms with Crippen LogP contribution in [0.3, 0.4) is 0 Å². The van der Waals surface area contributed by atoms with Crippen LogP contribution >= 0.6 is 11.6 Å². The molecule has 5 heteroatoms. The van der Waals surface area contributed by atoms with Crippen molar-refractivity contribution < 1.29 is 9.47 Å². The van der Waals surface area contributed by atoms with Crippen LogP contribution in [0, 0.1) is 0 Å². The van der Waals surface area contributed by atoms with E-state index in [0.717, 1.165) is 31.6 Å². The number of hydrogen-bond donors (Lipinski definition) is 1. The Balaban J connectivity index is 2.77. The van der Waals surface area contributed by atoms with Gasteiger partial charge in [-0.05, 0) is 44.1 Å². The number of ether oxygens (including phenoxy) is 2. The second-order valence-corrected chi connectivity index (χ2v) is 5.57. The van der Waals surface area contributed by atoms with E-state index in [0.29, 0.717) is 23.1 Å². The SMILES string of the molecule is CCN(CC)CCOc1c(Cl)cc(CC(C)N)cc1OC. The Labute approximate surface area is 133 Å². The highest BCUT2D eigenvalue weighted by molar-refractivity contribution is 6.32. The lowest BCUT2D eigenvalue weighted by molar-refractivity contribution is 0.217. The van der Waals surface area contributed by atoms with E-state index >= 15 is 0 Å². The molecule has 21 heavy (non-hydrogen) atoms. The van der Waals surface area contributed by atoms with Gasteiger partial charge in [-0.3, -0.25) is 0 Å². The molecular weight excluding hydrogens is 288 g/mol. The normalized spacial score (nSPS) is 12.5. The van der Waals surface area contributed by atoms with E-state index in [9.17, 15) is 0 Å². The minimum atomic E-state index is 0.0835. The van der Waals surface area contributed by atoms with E-state index in [4.69, 9.17) is 26.8 Å². The number of nitrogens with two attached hydrogens (primary N) is 1. The van der Waals surface area contributed by atoms with Gasteiger partial charge in [0.2, 0.25) is 0 Å². The molecule has 0 aliphatic rings. The van der Waals surface area contributed by atoms with E-state index in [2.05, 4.69) is 18.7 Å². The second-order valence-electron chi connectivity index (χ2n) is 5.17. The lowest BCUT2D eigenvalue weighted by atomic mass is 10.1. The third kappa shape index (κ3) is 5.73. The van der Waals surface area contributed by atoms with Crippen LogP contribution in [0.25, 0.3) is 0 Å². The molecule has 0 heterocycles. The highest BCUT2D eigenvalue weighted by Crippen LogP contribution is 2.36. The highest BCUT2D eigenvalue weighted by atomic mass is 35.5. The molecule has 120 valence electrons. The third-order valence-electron chi connectivity index (χ3n) is 3.40. The molecule has 0 aliphatic heterocycles. The van der Waals surface area contributed by atoms with Crippen LogP contribution in [0.2, 0.25) is 5.02 Å². The Hall–Kier alpha value is -0.970. The molecule has 4 nitrogen and oxygen atoms in total. The standard InChI is InChI=1S/C16H27ClN2O2/c1-5-19(6-2)7-8-21-16-14(17)10-13(9-12(3)18)11-15(16)20-4/h10-12H,5-9,18H2,1-4H3. The van der Waals surface area contributed by atoms with E-state index in [-0.39, 0.29) is 6.04 Å². The highest BCUT2D eigenvalue weighted by Gasteiger charge is 2.13. The second kappa shape index (κ2) is 9.13. The summed E-state index contributed by atoms with van der Waals surface area (Å²) in [6, 6.07) is 3.93. The maximum atomic E-state index is 6.32. The van der Waals surface area contributed by atoms with E-state index in [1.165, 1.54) is 0 Å². The van der Waals surface area contributed by atoms with Crippen LogP contribution in [-0.2, 0) is 6.42 Å². The van der Waals surface area contributed by atoms with Crippen molar-refractivity contribution in [3.05, 3.63) is 22.7 Å². The van der Waals surface area contributed by atoms with Gasteiger partial charge in [0.15, 0.2) is 11.5 Å². The van der Waals surface area contributed by atoms with Gasteiger partial charge >= 0.3 is 0 Å². The maximum Gasteiger partial charge on any atom is 0.179 e. The molecule has 1 aromatic rings. The molecule has 1 unspecified atom stereocenters. The zero-order chi connectivity index (χ0) is 15.8. The minimum absolute atomic E-state index is 0.0835. The summed E-state index contributed by atoms with van der Waals surface area (Å²) in [5.74, 6) is 1.28. The maximum absolute atomic E-state index is 6.32. The topological polar surface area (TPSA) is 47.7 Å². The Morgan fingerprint density at radius 1 is 1.29 bits per heavy atom. The average molecular weight is 315 g/mol. The van der Waals surface area contributed by atoms with Crippen LogP contribution in [-0.4, -0.2) is 44.3 Å². The van der Waals surface area contributed by atoms with Gasteiger partial charge in [-0.15, -0.1) is 0 Å². The molecule has 0 spiro atoms. The van der Waals surface area contributed by atoms with Gasteiger partial charge in [0, 0.05) is 12.6 Å². The third-order valence-corrected chi connectivity index (χ3v) is 3.68. The number of hydrogen-bond acceptors (Lipinski definition) is 4. The first-order valence-electron chi connectivity index (χ1n) is 7.48. The minimum Gasteiger partial charge on any atom is -0.493 e. The van der Waals surface area contributed by atoms with Crippen molar-refractivity contribution >= 4 is 11.6 Å². The van der Waals surface area contributed by atoms with Crippen LogP contribution < -0.4 is 15.2 Å². The molecule has 1 rings (SSSR count). The van der Waals surface area contributed by atoms with Gasteiger partial charge in [-0.1, -0.05) is 25.4 Å². The smallest absolute Gasteiger partial charge is 0.179 e. The molecule has 0 fully saturated rings. The van der Waals surface area contributed by atoms with E-state index in [1.54, 1.807) is 7.11 Å². The molecule has 0 saturated heterocycles. The van der Waals surface area contributed by atoms with Gasteiger partial charge in [0.05, 0.1) is 12.1 Å². The first-order valence-corrected chi connectivity index (χ1v) is 7.86. The summed E-state index contributed by atoms with van der Waals surface area (Å²) < 4.78 is 11.2. The fraction of sp³-hybridized carbons (Fsp3) is 0.625. The van der Waals surface area contributed by atoms with Crippen LogP contribution in [0.1, 0.15) is 26.3 Å². The van der Waals surface area contributed by atoms with Crippen molar-refractivity contribution in [2.45, 2.75) is 33.2 Å². The van der Waals surface area contributed by atoms with Crippen molar-refractivity contribution in [1.82, 2.24) is 4.90 Å². The van der Waals surface area contributed by atoms with E-state index in [1.807, 2.05) is 19.1 Å². The molecule has 2 N–H and O–H groups in total. The summed E-state index contributed by atoms with van der Waals surface area (Å²) in [4.78, 5) is 2.30. The molecule has 0 aliphatic carbocycles. The Morgan fingerprint density at radius 3 is 2.48 bits per heavy atom. The Kier molecular flexibility index (Phi) is 7.86. The molecule has 0 amide bonds. The summed E-state index contributed by atoms with van der Waals surface area (Å²) in [7, 11) is 1.62. The van der Waals surface area contributed by atoms with Gasteiger partial charge in [-0.2, -0.15) is 0 Å². The zero-order valence-electron chi connectivity index (χ0n) is 13.5. The zero-order valence-corrected chi connectivity index (χ0v) is 14.2. The number of halogens is 1. The molecular formula is C16H27ClN2O2. The van der Waals surface area contributed by atoms with Gasteiger partial charge in [0.25, 0.3) is 0 Å². The molecule has 1 aromatic carbocycles. The number of benzene rings is 1. The average Bonchev–Trinajstić information content (AvgIpc) is 2.44. The molecule has 0 bridgehead atoms. The molecule has 0 radical (unpaired) electrons. The summed E-state index contributed by atoms with van der Waals surface area (Å²) in [6.07, 6.45) is 0.760. The quantitative estimate of drug-likeness (QED) is 0.761. The first kappa shape index (κ1) is 18.1. The van der Waals surface area contributed by atoms with Gasteiger partial charge < -0.3 is 20.1 Å². The number of nitrogens with zero attached hydrogens (tertiary/aromatic N) is 1. The number of likely N-dealkylation sites (N-methyl/N-ethyl adjacent to an activating group) is 1.